The molecule has 1 saturated carbocycles. The van der Waals surface area contributed by atoms with Gasteiger partial charge in [-0.25, -0.2) is 0 Å². The maximum atomic E-state index is 13.4. The summed E-state index contributed by atoms with van der Waals surface area (Å²) in [7, 11) is 0. The van der Waals surface area contributed by atoms with Gasteiger partial charge in [0, 0.05) is 22.8 Å². The van der Waals surface area contributed by atoms with Gasteiger partial charge >= 0.3 is 0 Å². The van der Waals surface area contributed by atoms with E-state index in [1.165, 1.54) is 24.8 Å². The van der Waals surface area contributed by atoms with E-state index in [-0.39, 0.29) is 17.9 Å². The van der Waals surface area contributed by atoms with Crippen LogP contribution in [0.1, 0.15) is 62.1 Å². The molecule has 1 N–H and O–H groups in total. The van der Waals surface area contributed by atoms with Gasteiger partial charge < -0.3 is 10.2 Å². The van der Waals surface area contributed by atoms with Crippen LogP contribution in [-0.4, -0.2) is 34.6 Å². The van der Waals surface area contributed by atoms with Gasteiger partial charge in [0.15, 0.2) is 0 Å². The van der Waals surface area contributed by atoms with Crippen molar-refractivity contribution in [3.05, 3.63) is 69.7 Å². The lowest BCUT2D eigenvalue weighted by molar-refractivity contribution is -0.139. The van der Waals surface area contributed by atoms with Crippen molar-refractivity contribution >= 4 is 39.5 Å². The van der Waals surface area contributed by atoms with Crippen LogP contribution in [0.3, 0.4) is 0 Å². The fraction of sp³-hybridized carbons (Fsp3) is 0.481. The zero-order chi connectivity index (χ0) is 23.6. The molecule has 1 atom stereocenters. The number of hydrogen-bond donors (Lipinski definition) is 1. The lowest BCUT2D eigenvalue weighted by Crippen LogP contribution is -2.52. The number of nitrogens with zero attached hydrogens (tertiary/aromatic N) is 1. The van der Waals surface area contributed by atoms with E-state index in [2.05, 4.69) is 52.4 Å². The monoisotopic (exact) mass is 530 g/mol. The molecule has 178 valence electrons. The van der Waals surface area contributed by atoms with Gasteiger partial charge in [0.25, 0.3) is 0 Å². The summed E-state index contributed by atoms with van der Waals surface area (Å²) < 4.78 is 1.05. The standard InChI is InChI=1S/C27H35BrN2O2S/c1-3-25(27(32)29-24-10-5-4-6-11-24)30(17-22-9-7-8-20(2)16-22)26(31)19-33-18-21-12-14-23(28)15-13-21/h7-9,12-16,24-25H,3-6,10-11,17-19H2,1-2H3,(H,29,32)/t25-/m1/s1. The van der Waals surface area contributed by atoms with Crippen LogP contribution in [-0.2, 0) is 21.9 Å². The number of halogens is 1. The summed E-state index contributed by atoms with van der Waals surface area (Å²) >= 11 is 5.06. The number of thioether (sulfide) groups is 1. The van der Waals surface area contributed by atoms with Crippen molar-refractivity contribution in [3.8, 4) is 0 Å². The van der Waals surface area contributed by atoms with Crippen LogP contribution in [0.4, 0.5) is 0 Å². The molecule has 1 aliphatic carbocycles. The van der Waals surface area contributed by atoms with Gasteiger partial charge in [0.1, 0.15) is 6.04 Å². The highest BCUT2D eigenvalue weighted by atomic mass is 79.9. The molecule has 0 aliphatic heterocycles. The Hall–Kier alpha value is -1.79. The maximum Gasteiger partial charge on any atom is 0.243 e. The second kappa shape index (κ2) is 13.2. The molecule has 4 nitrogen and oxygen atoms in total. The third kappa shape index (κ3) is 8.18. The topological polar surface area (TPSA) is 49.4 Å². The van der Waals surface area contributed by atoms with Crippen molar-refractivity contribution in [1.82, 2.24) is 10.2 Å². The van der Waals surface area contributed by atoms with E-state index in [1.54, 1.807) is 16.7 Å². The Morgan fingerprint density at radius 1 is 1.09 bits per heavy atom. The molecule has 2 aromatic rings. The van der Waals surface area contributed by atoms with E-state index in [0.717, 1.165) is 34.2 Å². The highest BCUT2D eigenvalue weighted by molar-refractivity contribution is 9.10. The molecule has 0 radical (unpaired) electrons. The predicted molar refractivity (Wildman–Crippen MR) is 141 cm³/mol. The summed E-state index contributed by atoms with van der Waals surface area (Å²) in [4.78, 5) is 28.4. The molecular weight excluding hydrogens is 496 g/mol. The molecule has 0 heterocycles. The number of nitrogens with one attached hydrogen (secondary N) is 1. The first-order chi connectivity index (χ1) is 16.0. The molecule has 0 spiro atoms. The first-order valence-corrected chi connectivity index (χ1v) is 13.9. The predicted octanol–water partition coefficient (Wildman–Crippen LogP) is 6.25. The lowest BCUT2D eigenvalue weighted by Gasteiger charge is -2.33. The van der Waals surface area contributed by atoms with Crippen molar-refractivity contribution in [2.75, 3.05) is 5.75 Å². The second-order valence-electron chi connectivity index (χ2n) is 8.90. The van der Waals surface area contributed by atoms with E-state index >= 15 is 0 Å². The fourth-order valence-corrected chi connectivity index (χ4v) is 5.53. The molecule has 3 rings (SSSR count). The number of rotatable bonds is 10. The summed E-state index contributed by atoms with van der Waals surface area (Å²) in [6.45, 7) is 4.50. The molecule has 0 unspecified atom stereocenters. The van der Waals surface area contributed by atoms with E-state index in [9.17, 15) is 9.59 Å². The zero-order valence-corrected chi connectivity index (χ0v) is 22.1. The van der Waals surface area contributed by atoms with Gasteiger partial charge in [-0.05, 0) is 49.4 Å². The number of hydrogen-bond acceptors (Lipinski definition) is 3. The Bertz CT molecular complexity index is 913. The summed E-state index contributed by atoms with van der Waals surface area (Å²) in [5, 5.41) is 3.25. The van der Waals surface area contributed by atoms with Gasteiger partial charge in [0.2, 0.25) is 11.8 Å². The Balaban J connectivity index is 1.69. The van der Waals surface area contributed by atoms with E-state index in [4.69, 9.17) is 0 Å². The Kier molecular flexibility index (Phi) is 10.3. The fourth-order valence-electron chi connectivity index (χ4n) is 4.39. The molecule has 0 aromatic heterocycles. The number of aryl methyl sites for hydroxylation is 1. The molecule has 33 heavy (non-hydrogen) atoms. The van der Waals surface area contributed by atoms with Crippen LogP contribution >= 0.6 is 27.7 Å². The smallest absolute Gasteiger partial charge is 0.243 e. The Labute approximate surface area is 211 Å². The minimum absolute atomic E-state index is 0.0108. The molecular formula is C27H35BrN2O2S. The highest BCUT2D eigenvalue weighted by Gasteiger charge is 2.30. The van der Waals surface area contributed by atoms with Gasteiger partial charge in [0.05, 0.1) is 5.75 Å². The van der Waals surface area contributed by atoms with Gasteiger partial charge in [-0.15, -0.1) is 11.8 Å². The maximum absolute atomic E-state index is 13.4. The van der Waals surface area contributed by atoms with Crippen LogP contribution < -0.4 is 5.32 Å². The average molecular weight is 532 g/mol. The molecule has 2 aromatic carbocycles. The minimum atomic E-state index is -0.451. The van der Waals surface area contributed by atoms with E-state index in [1.807, 2.05) is 31.2 Å². The normalized spacial score (nSPS) is 15.1. The number of benzene rings is 2. The van der Waals surface area contributed by atoms with Crippen molar-refractivity contribution in [2.24, 2.45) is 0 Å². The van der Waals surface area contributed by atoms with Crippen LogP contribution in [0.2, 0.25) is 0 Å². The Morgan fingerprint density at radius 3 is 2.48 bits per heavy atom. The molecule has 2 amide bonds. The van der Waals surface area contributed by atoms with Crippen molar-refractivity contribution in [3.63, 3.8) is 0 Å². The molecule has 0 saturated heterocycles. The van der Waals surface area contributed by atoms with Crippen LogP contribution in [0.25, 0.3) is 0 Å². The summed E-state index contributed by atoms with van der Waals surface area (Å²) in [6.07, 6.45) is 6.26. The Morgan fingerprint density at radius 2 is 1.82 bits per heavy atom. The average Bonchev–Trinajstić information content (AvgIpc) is 2.81. The molecule has 6 heteroatoms. The van der Waals surface area contributed by atoms with Gasteiger partial charge in [-0.1, -0.05) is 84.1 Å². The third-order valence-corrected chi connectivity index (χ3v) is 7.70. The summed E-state index contributed by atoms with van der Waals surface area (Å²) in [5.41, 5.74) is 3.40. The van der Waals surface area contributed by atoms with Crippen molar-refractivity contribution in [1.29, 1.82) is 0 Å². The zero-order valence-electron chi connectivity index (χ0n) is 19.7. The third-order valence-electron chi connectivity index (χ3n) is 6.18. The number of carbonyl (C=O) groups is 2. The lowest BCUT2D eigenvalue weighted by atomic mass is 9.95. The van der Waals surface area contributed by atoms with Crippen molar-refractivity contribution < 1.29 is 9.59 Å². The number of amides is 2. The van der Waals surface area contributed by atoms with Crippen LogP contribution in [0.15, 0.2) is 53.0 Å². The van der Waals surface area contributed by atoms with Gasteiger partial charge in [-0.2, -0.15) is 0 Å². The van der Waals surface area contributed by atoms with Crippen LogP contribution in [0, 0.1) is 6.92 Å². The molecule has 1 fully saturated rings. The first-order valence-electron chi connectivity index (χ1n) is 11.9. The quantitative estimate of drug-likeness (QED) is 0.395. The van der Waals surface area contributed by atoms with E-state index in [0.29, 0.717) is 18.7 Å². The van der Waals surface area contributed by atoms with E-state index < -0.39 is 6.04 Å². The summed E-state index contributed by atoms with van der Waals surface area (Å²) in [6, 6.07) is 16.2. The molecule has 0 bridgehead atoms. The van der Waals surface area contributed by atoms with Crippen molar-refractivity contribution in [2.45, 2.75) is 76.8 Å². The minimum Gasteiger partial charge on any atom is -0.352 e. The largest absolute Gasteiger partial charge is 0.352 e. The first kappa shape index (κ1) is 25.8. The van der Waals surface area contributed by atoms with Crippen LogP contribution in [0.5, 0.6) is 0 Å². The summed E-state index contributed by atoms with van der Waals surface area (Å²) in [5.74, 6) is 1.13. The highest BCUT2D eigenvalue weighted by Crippen LogP contribution is 2.21. The molecule has 1 aliphatic rings. The van der Waals surface area contributed by atoms with Gasteiger partial charge in [-0.3, -0.25) is 9.59 Å². The second-order valence-corrected chi connectivity index (χ2v) is 10.8. The SMILES string of the molecule is CC[C@H](C(=O)NC1CCCCC1)N(Cc1cccc(C)c1)C(=O)CSCc1ccc(Br)cc1. The number of carbonyl (C=O) groups excluding carboxylic acids is 2.